The molecule has 5 rings (SSSR count). The molecule has 10 heteroatoms. The zero-order chi connectivity index (χ0) is 33.4. The summed E-state index contributed by atoms with van der Waals surface area (Å²) in [5, 5.41) is 1.22. The van der Waals surface area contributed by atoms with Crippen molar-refractivity contribution in [1.82, 2.24) is 9.88 Å². The van der Waals surface area contributed by atoms with Crippen LogP contribution in [0.25, 0.3) is 0 Å². The number of nitrogens with zero attached hydrogens (tertiary/aromatic N) is 2. The highest BCUT2D eigenvalue weighted by Crippen LogP contribution is 2.51. The Morgan fingerprint density at radius 1 is 1.07 bits per heavy atom. The first-order valence-corrected chi connectivity index (χ1v) is 19.5. The van der Waals surface area contributed by atoms with Crippen LogP contribution in [0.5, 0.6) is 0 Å². The molecule has 4 unspecified atom stereocenters. The van der Waals surface area contributed by atoms with Gasteiger partial charge in [0.15, 0.2) is 13.9 Å². The van der Waals surface area contributed by atoms with Crippen LogP contribution in [0.4, 0.5) is 0 Å². The average Bonchev–Trinajstić information content (AvgIpc) is 3.85. The summed E-state index contributed by atoms with van der Waals surface area (Å²) in [6, 6.07) is 18.1. The Labute approximate surface area is 283 Å². The van der Waals surface area contributed by atoms with Gasteiger partial charge in [0, 0.05) is 28.4 Å². The van der Waals surface area contributed by atoms with Gasteiger partial charge in [-0.15, -0.1) is 0 Å². The van der Waals surface area contributed by atoms with E-state index in [2.05, 4.69) is 38.8 Å². The first kappa shape index (κ1) is 34.6. The molecule has 3 aromatic rings. The van der Waals surface area contributed by atoms with E-state index in [1.165, 1.54) is 13.3 Å². The highest BCUT2D eigenvalue weighted by Gasteiger charge is 2.55. The molecule has 7 nitrogen and oxygen atoms in total. The van der Waals surface area contributed by atoms with Crippen molar-refractivity contribution in [2.75, 3.05) is 13.7 Å². The number of carbonyl (C=O) groups excluding carboxylic acids is 2. The Kier molecular flexibility index (Phi) is 10.1. The maximum absolute atomic E-state index is 15.1. The van der Waals surface area contributed by atoms with Gasteiger partial charge in [0.1, 0.15) is 6.10 Å². The Morgan fingerprint density at radius 3 is 2.33 bits per heavy atom. The molecule has 1 saturated heterocycles. The summed E-state index contributed by atoms with van der Waals surface area (Å²) >= 11 is 12.9. The summed E-state index contributed by atoms with van der Waals surface area (Å²) < 4.78 is 18.7. The van der Waals surface area contributed by atoms with Gasteiger partial charge >= 0.3 is 5.97 Å². The molecule has 1 aromatic heterocycles. The number of aromatic nitrogens is 1. The number of hydrogen-bond acceptors (Lipinski definition) is 6. The zero-order valence-corrected chi connectivity index (χ0v) is 30.2. The maximum Gasteiger partial charge on any atom is 0.339 e. The number of rotatable bonds is 10. The van der Waals surface area contributed by atoms with E-state index in [-0.39, 0.29) is 23.4 Å². The minimum atomic E-state index is -2.13. The molecule has 2 aromatic carbocycles. The number of esters is 1. The highest BCUT2D eigenvalue weighted by molar-refractivity contribution is 6.74. The molecule has 1 aliphatic heterocycles. The lowest BCUT2D eigenvalue weighted by Crippen LogP contribution is -2.62. The number of morpholine rings is 1. The van der Waals surface area contributed by atoms with E-state index in [1.807, 2.05) is 60.4 Å². The molecule has 0 spiro atoms. The molecule has 1 aliphatic carbocycles. The Bertz CT molecular complexity index is 1560. The van der Waals surface area contributed by atoms with Crippen molar-refractivity contribution >= 4 is 43.4 Å². The van der Waals surface area contributed by atoms with Crippen LogP contribution in [0.2, 0.25) is 28.2 Å². The van der Waals surface area contributed by atoms with E-state index in [9.17, 15) is 4.79 Å². The molecule has 46 heavy (non-hydrogen) atoms. The highest BCUT2D eigenvalue weighted by atomic mass is 35.5. The van der Waals surface area contributed by atoms with Crippen LogP contribution in [0.3, 0.4) is 0 Å². The fraction of sp³-hybridized carbons (Fsp3) is 0.472. The van der Waals surface area contributed by atoms with Gasteiger partial charge in [-0.3, -0.25) is 9.78 Å². The second kappa shape index (κ2) is 13.4. The second-order valence-corrected chi connectivity index (χ2v) is 19.9. The molecule has 0 bridgehead atoms. The molecule has 2 fully saturated rings. The number of hydrogen-bond donors (Lipinski definition) is 0. The summed E-state index contributed by atoms with van der Waals surface area (Å²) in [4.78, 5) is 33.7. The SMILES string of the molecule is COC(=O)c1ccc(CC2(C)OC(c3cccc(Cl)c3)C(c3ccc(Cl)cc3)N(C(CO[Si](C)(C)C(C)(C)C)C3CC3)C2=O)nc1. The number of amides is 1. The number of pyridine rings is 1. The van der Waals surface area contributed by atoms with Crippen molar-refractivity contribution in [3.05, 3.63) is 99.3 Å². The van der Waals surface area contributed by atoms with Crippen LogP contribution in [0, 0.1) is 5.92 Å². The third-order valence-electron chi connectivity index (χ3n) is 9.76. The lowest BCUT2D eigenvalue weighted by Gasteiger charge is -2.52. The largest absolute Gasteiger partial charge is 0.465 e. The van der Waals surface area contributed by atoms with Gasteiger partial charge in [-0.05, 0) is 91.3 Å². The van der Waals surface area contributed by atoms with Crippen LogP contribution >= 0.6 is 23.2 Å². The predicted octanol–water partition coefficient (Wildman–Crippen LogP) is 8.62. The van der Waals surface area contributed by atoms with Crippen molar-refractivity contribution in [1.29, 1.82) is 0 Å². The topological polar surface area (TPSA) is 78.0 Å². The van der Waals surface area contributed by atoms with E-state index in [1.54, 1.807) is 12.1 Å². The summed E-state index contributed by atoms with van der Waals surface area (Å²) in [6.45, 7) is 13.5. The van der Waals surface area contributed by atoms with Crippen molar-refractivity contribution in [2.45, 2.75) is 88.9 Å². The standard InChI is InChI=1S/C36H44Cl2N2O5Si/c1-35(2,3)46(6,7)44-22-30(23-11-12-23)40-31(24-13-16-27(37)17-14-24)32(25-9-8-10-28(38)19-25)45-36(4,34(40)42)20-29-18-15-26(21-39-29)33(41)43-5/h8-10,13-19,21,23,30-32H,11-12,20,22H2,1-7H3. The van der Waals surface area contributed by atoms with E-state index in [0.29, 0.717) is 33.8 Å². The van der Waals surface area contributed by atoms with E-state index in [4.69, 9.17) is 37.1 Å². The van der Waals surface area contributed by atoms with Gasteiger partial charge in [0.05, 0.1) is 31.4 Å². The van der Waals surface area contributed by atoms with Gasteiger partial charge < -0.3 is 18.8 Å². The summed E-state index contributed by atoms with van der Waals surface area (Å²) in [7, 11) is -0.803. The lowest BCUT2D eigenvalue weighted by molar-refractivity contribution is -0.205. The molecule has 1 saturated carbocycles. The average molecular weight is 684 g/mol. The van der Waals surface area contributed by atoms with E-state index in [0.717, 1.165) is 24.0 Å². The monoisotopic (exact) mass is 682 g/mol. The molecule has 0 radical (unpaired) electrons. The number of ether oxygens (including phenoxy) is 2. The molecular weight excluding hydrogens is 639 g/mol. The molecule has 0 N–H and O–H groups in total. The van der Waals surface area contributed by atoms with Crippen LogP contribution < -0.4 is 0 Å². The zero-order valence-electron chi connectivity index (χ0n) is 27.7. The molecule has 2 aliphatic rings. The number of benzene rings is 2. The smallest absolute Gasteiger partial charge is 0.339 e. The summed E-state index contributed by atoms with van der Waals surface area (Å²) in [6.07, 6.45) is 3.18. The quantitative estimate of drug-likeness (QED) is 0.157. The third-order valence-corrected chi connectivity index (χ3v) is 14.7. The first-order chi connectivity index (χ1) is 21.6. The molecule has 1 amide bonds. The summed E-state index contributed by atoms with van der Waals surface area (Å²) in [5.41, 5.74) is 1.47. The van der Waals surface area contributed by atoms with E-state index < -0.39 is 32.0 Å². The number of carbonyl (C=O) groups is 2. The summed E-state index contributed by atoms with van der Waals surface area (Å²) in [5.74, 6) is -0.286. The van der Waals surface area contributed by atoms with Crippen LogP contribution in [0.1, 0.15) is 79.9 Å². The Hall–Kier alpha value is -2.75. The number of halogens is 2. The van der Waals surface area contributed by atoms with Crippen LogP contribution in [-0.2, 0) is 25.1 Å². The normalized spacial score (nSPS) is 22.9. The van der Waals surface area contributed by atoms with Crippen LogP contribution in [0.15, 0.2) is 66.9 Å². The maximum atomic E-state index is 15.1. The van der Waals surface area contributed by atoms with Crippen molar-refractivity contribution in [3.63, 3.8) is 0 Å². The van der Waals surface area contributed by atoms with Gasteiger partial charge in [-0.2, -0.15) is 0 Å². The molecule has 246 valence electrons. The van der Waals surface area contributed by atoms with Gasteiger partial charge in [-0.1, -0.05) is 68.2 Å². The number of methoxy groups -OCH3 is 1. The van der Waals surface area contributed by atoms with E-state index >= 15 is 4.79 Å². The van der Waals surface area contributed by atoms with Gasteiger partial charge in [0.25, 0.3) is 5.91 Å². The van der Waals surface area contributed by atoms with Gasteiger partial charge in [0.2, 0.25) is 0 Å². The minimum absolute atomic E-state index is 0.0194. The van der Waals surface area contributed by atoms with Crippen molar-refractivity contribution in [2.24, 2.45) is 5.92 Å². The molecular formula is C36H44Cl2N2O5Si. The Morgan fingerprint density at radius 2 is 1.76 bits per heavy atom. The minimum Gasteiger partial charge on any atom is -0.465 e. The van der Waals surface area contributed by atoms with Crippen LogP contribution in [-0.4, -0.2) is 55.4 Å². The second-order valence-electron chi connectivity index (χ2n) is 14.2. The molecule has 4 atom stereocenters. The molecule has 2 heterocycles. The van der Waals surface area contributed by atoms with Crippen molar-refractivity contribution in [3.8, 4) is 0 Å². The Balaban J connectivity index is 1.62. The predicted molar refractivity (Wildman–Crippen MR) is 184 cm³/mol. The van der Waals surface area contributed by atoms with Gasteiger partial charge in [-0.25, -0.2) is 4.79 Å². The van der Waals surface area contributed by atoms with Crippen molar-refractivity contribution < 1.29 is 23.5 Å². The fourth-order valence-corrected chi connectivity index (χ4v) is 7.24. The third kappa shape index (κ3) is 7.36. The fourth-order valence-electron chi connectivity index (χ4n) is 5.89. The lowest BCUT2D eigenvalue weighted by atomic mass is 9.85. The first-order valence-electron chi connectivity index (χ1n) is 15.8.